The van der Waals surface area contributed by atoms with E-state index >= 15 is 0 Å². The van der Waals surface area contributed by atoms with Gasteiger partial charge in [0.1, 0.15) is 0 Å². The molecule has 1 unspecified atom stereocenters. The molecule has 2 N–H and O–H groups in total. The second kappa shape index (κ2) is 3.84. The number of hydrogen-bond acceptors (Lipinski definition) is 2. The zero-order valence-electron chi connectivity index (χ0n) is 4.52. The Morgan fingerprint density at radius 1 is 1.33 bits per heavy atom. The van der Waals surface area contributed by atoms with Crippen LogP contribution < -0.4 is 0 Å². The topological polar surface area (TPSA) is 40.5 Å². The molecule has 0 aromatic rings. The van der Waals surface area contributed by atoms with Crippen molar-refractivity contribution in [3.63, 3.8) is 0 Å². The van der Waals surface area contributed by atoms with E-state index in [2.05, 4.69) is 0 Å². The first-order valence-corrected chi connectivity index (χ1v) is 3.45. The zero-order valence-corrected chi connectivity index (χ0v) is 6.79. The molecule has 2 nitrogen and oxygen atoms in total. The van der Waals surface area contributed by atoms with Crippen LogP contribution in [0.25, 0.3) is 0 Å². The van der Waals surface area contributed by atoms with Crippen LogP contribution >= 0.6 is 34.8 Å². The van der Waals surface area contributed by atoms with E-state index in [-0.39, 0.29) is 13.0 Å². The Labute approximate surface area is 68.3 Å². The van der Waals surface area contributed by atoms with Crippen molar-refractivity contribution >= 4 is 34.8 Å². The highest BCUT2D eigenvalue weighted by atomic mass is 35.6. The maximum atomic E-state index is 8.69. The summed E-state index contributed by atoms with van der Waals surface area (Å²) < 4.78 is -1.47. The standard InChI is InChI=1S/C4H7Cl3O2/c5-4(6,7)1-3(9)2-8/h3,8-9H,1-2H2. The molecule has 0 amide bonds. The maximum Gasteiger partial charge on any atom is 0.193 e. The van der Waals surface area contributed by atoms with Crippen LogP contribution in [0, 0.1) is 0 Å². The number of halogens is 3. The first kappa shape index (κ1) is 9.79. The van der Waals surface area contributed by atoms with Gasteiger partial charge in [0, 0.05) is 6.42 Å². The molecule has 0 spiro atoms. The summed E-state index contributed by atoms with van der Waals surface area (Å²) >= 11 is 15.8. The predicted octanol–water partition coefficient (Wildman–Crippen LogP) is 1.10. The molecule has 0 saturated carbocycles. The van der Waals surface area contributed by atoms with Gasteiger partial charge in [-0.25, -0.2) is 0 Å². The minimum atomic E-state index is -1.47. The molecule has 56 valence electrons. The number of aliphatic hydroxyl groups is 2. The highest BCUT2D eigenvalue weighted by Crippen LogP contribution is 2.30. The Morgan fingerprint density at radius 3 is 1.89 bits per heavy atom. The van der Waals surface area contributed by atoms with Gasteiger partial charge in [0.05, 0.1) is 12.7 Å². The summed E-state index contributed by atoms with van der Waals surface area (Å²) in [5, 5.41) is 17.0. The van der Waals surface area contributed by atoms with Crippen LogP contribution in [0.1, 0.15) is 6.42 Å². The van der Waals surface area contributed by atoms with E-state index in [1.807, 2.05) is 0 Å². The van der Waals surface area contributed by atoms with Crippen molar-refractivity contribution in [2.45, 2.75) is 16.3 Å². The molecule has 0 radical (unpaired) electrons. The van der Waals surface area contributed by atoms with Crippen LogP contribution in [-0.4, -0.2) is 26.7 Å². The molecule has 0 aromatic carbocycles. The van der Waals surface area contributed by atoms with E-state index in [1.165, 1.54) is 0 Å². The fraction of sp³-hybridized carbons (Fsp3) is 1.00. The van der Waals surface area contributed by atoms with Gasteiger partial charge in [0.25, 0.3) is 0 Å². The molecule has 0 aliphatic carbocycles. The second-order valence-corrected chi connectivity index (χ2v) is 4.17. The van der Waals surface area contributed by atoms with E-state index in [0.717, 1.165) is 0 Å². The number of rotatable bonds is 2. The Hall–Kier alpha value is 0.790. The number of hydrogen-bond donors (Lipinski definition) is 2. The van der Waals surface area contributed by atoms with Gasteiger partial charge in [-0.2, -0.15) is 0 Å². The SMILES string of the molecule is OCC(O)CC(Cl)(Cl)Cl. The fourth-order valence-corrected chi connectivity index (χ4v) is 0.866. The Balaban J connectivity index is 3.47. The van der Waals surface area contributed by atoms with Gasteiger partial charge in [-0.15, -0.1) is 0 Å². The molecule has 0 aromatic heterocycles. The van der Waals surface area contributed by atoms with Gasteiger partial charge in [-0.1, -0.05) is 34.8 Å². The van der Waals surface area contributed by atoms with E-state index in [0.29, 0.717) is 0 Å². The Kier molecular flexibility index (Phi) is 4.17. The number of alkyl halides is 3. The fourth-order valence-electron chi connectivity index (χ4n) is 0.332. The summed E-state index contributed by atoms with van der Waals surface area (Å²) in [4.78, 5) is 0. The van der Waals surface area contributed by atoms with Crippen molar-refractivity contribution < 1.29 is 10.2 Å². The minimum Gasteiger partial charge on any atom is -0.394 e. The average Bonchev–Trinajstić information content (AvgIpc) is 1.62. The molecule has 0 bridgehead atoms. The third-order valence-corrected chi connectivity index (χ3v) is 1.14. The molecule has 0 aliphatic rings. The molecule has 1 atom stereocenters. The van der Waals surface area contributed by atoms with Crippen LogP contribution in [0.15, 0.2) is 0 Å². The highest BCUT2D eigenvalue weighted by Gasteiger charge is 2.23. The lowest BCUT2D eigenvalue weighted by molar-refractivity contribution is 0.0893. The molecular weight excluding hydrogens is 186 g/mol. The first-order valence-electron chi connectivity index (χ1n) is 2.31. The Bertz CT molecular complexity index is 80.4. The van der Waals surface area contributed by atoms with E-state index < -0.39 is 9.90 Å². The highest BCUT2D eigenvalue weighted by molar-refractivity contribution is 6.67. The zero-order chi connectivity index (χ0) is 7.49. The van der Waals surface area contributed by atoms with Gasteiger partial charge >= 0.3 is 0 Å². The molecule has 5 heteroatoms. The van der Waals surface area contributed by atoms with Gasteiger partial charge in [0.2, 0.25) is 0 Å². The molecule has 9 heavy (non-hydrogen) atoms. The maximum absolute atomic E-state index is 8.69. The van der Waals surface area contributed by atoms with Crippen molar-refractivity contribution in [1.82, 2.24) is 0 Å². The first-order chi connectivity index (χ1) is 3.95. The summed E-state index contributed by atoms with van der Waals surface area (Å²) in [6.45, 7) is -0.381. The van der Waals surface area contributed by atoms with Gasteiger partial charge < -0.3 is 10.2 Å². The van der Waals surface area contributed by atoms with Crippen LogP contribution in [-0.2, 0) is 0 Å². The van der Waals surface area contributed by atoms with Crippen molar-refractivity contribution in [3.8, 4) is 0 Å². The lowest BCUT2D eigenvalue weighted by atomic mass is 10.3. The van der Waals surface area contributed by atoms with Crippen molar-refractivity contribution in [3.05, 3.63) is 0 Å². The Morgan fingerprint density at radius 2 is 1.78 bits per heavy atom. The lowest BCUT2D eigenvalue weighted by Crippen LogP contribution is -2.19. The van der Waals surface area contributed by atoms with Gasteiger partial charge in [-0.05, 0) is 0 Å². The van der Waals surface area contributed by atoms with E-state index in [1.54, 1.807) is 0 Å². The van der Waals surface area contributed by atoms with Crippen LogP contribution in [0.2, 0.25) is 0 Å². The summed E-state index contributed by atoms with van der Waals surface area (Å²) in [6.07, 6.45) is -0.994. The summed E-state index contributed by atoms with van der Waals surface area (Å²) in [5.74, 6) is 0. The smallest absolute Gasteiger partial charge is 0.193 e. The normalized spacial score (nSPS) is 15.7. The van der Waals surface area contributed by atoms with Gasteiger partial charge in [-0.3, -0.25) is 0 Å². The largest absolute Gasteiger partial charge is 0.394 e. The molecule has 0 fully saturated rings. The third-order valence-electron chi connectivity index (χ3n) is 0.678. The molecule has 0 saturated heterocycles. The second-order valence-electron chi connectivity index (χ2n) is 1.66. The lowest BCUT2D eigenvalue weighted by Gasteiger charge is -2.13. The van der Waals surface area contributed by atoms with Crippen LogP contribution in [0.5, 0.6) is 0 Å². The molecule has 0 rings (SSSR count). The van der Waals surface area contributed by atoms with Crippen LogP contribution in [0.3, 0.4) is 0 Å². The minimum absolute atomic E-state index is 0.0475. The quantitative estimate of drug-likeness (QED) is 0.645. The molecule has 0 aliphatic heterocycles. The third kappa shape index (κ3) is 6.68. The summed E-state index contributed by atoms with van der Waals surface area (Å²) in [6, 6.07) is 0. The van der Waals surface area contributed by atoms with Gasteiger partial charge in [0.15, 0.2) is 3.79 Å². The average molecular weight is 193 g/mol. The molecule has 0 heterocycles. The summed E-state index contributed by atoms with van der Waals surface area (Å²) in [7, 11) is 0. The van der Waals surface area contributed by atoms with Crippen molar-refractivity contribution in [2.24, 2.45) is 0 Å². The van der Waals surface area contributed by atoms with Crippen LogP contribution in [0.4, 0.5) is 0 Å². The van der Waals surface area contributed by atoms with E-state index in [4.69, 9.17) is 45.0 Å². The summed E-state index contributed by atoms with van der Waals surface area (Å²) in [5.41, 5.74) is 0. The monoisotopic (exact) mass is 192 g/mol. The van der Waals surface area contributed by atoms with Crippen molar-refractivity contribution in [2.75, 3.05) is 6.61 Å². The van der Waals surface area contributed by atoms with Crippen molar-refractivity contribution in [1.29, 1.82) is 0 Å². The van der Waals surface area contributed by atoms with E-state index in [9.17, 15) is 0 Å². The predicted molar refractivity (Wildman–Crippen MR) is 38.0 cm³/mol. The number of aliphatic hydroxyl groups excluding tert-OH is 2. The molecular formula is C4H7Cl3O2.